The summed E-state index contributed by atoms with van der Waals surface area (Å²) in [5.41, 5.74) is 0.329. The van der Waals surface area contributed by atoms with Crippen LogP contribution in [0.2, 0.25) is 0 Å². The van der Waals surface area contributed by atoms with Gasteiger partial charge in [-0.15, -0.1) is 0 Å². The average molecular weight is 349 g/mol. The van der Waals surface area contributed by atoms with Gasteiger partial charge in [-0.05, 0) is 18.4 Å². The number of hydrogen-bond acceptors (Lipinski definition) is 5. The lowest BCUT2D eigenvalue weighted by molar-refractivity contribution is -0.120. The van der Waals surface area contributed by atoms with Gasteiger partial charge in [0, 0.05) is 19.0 Å². The Kier molecular flexibility index (Phi) is 4.40. The van der Waals surface area contributed by atoms with E-state index in [1.54, 1.807) is 31.3 Å². The van der Waals surface area contributed by atoms with Crippen LogP contribution in [0.3, 0.4) is 0 Å². The third-order valence-corrected chi connectivity index (χ3v) is 6.11. The number of carbonyl (C=O) groups is 1. The number of aromatic nitrogens is 2. The smallest absolute Gasteiger partial charge is 0.274 e. The molecule has 1 aliphatic rings. The Bertz CT molecular complexity index is 949. The molecule has 1 aliphatic heterocycles. The zero-order chi connectivity index (χ0) is 17.3. The van der Waals surface area contributed by atoms with Gasteiger partial charge in [0.25, 0.3) is 5.56 Å². The number of aryl methyl sites for hydroxylation is 1. The van der Waals surface area contributed by atoms with Crippen LogP contribution in [0.1, 0.15) is 12.1 Å². The second-order valence-corrected chi connectivity index (χ2v) is 8.40. The minimum atomic E-state index is -2.94. The predicted molar refractivity (Wildman–Crippen MR) is 90.5 cm³/mol. The molecular formula is C16H19N3O4S. The molecule has 1 atom stereocenters. The number of benzene rings is 1. The lowest BCUT2D eigenvalue weighted by atomic mass is 10.1. The van der Waals surface area contributed by atoms with E-state index < -0.39 is 9.84 Å². The molecule has 0 bridgehead atoms. The number of rotatable bonds is 4. The van der Waals surface area contributed by atoms with Crippen LogP contribution in [0, 0.1) is 5.92 Å². The maximum atomic E-state index is 12.2. The second-order valence-electron chi connectivity index (χ2n) is 6.17. The number of nitrogens with zero attached hydrogens (tertiary/aromatic N) is 2. The fraction of sp³-hybridized carbons (Fsp3) is 0.438. The van der Waals surface area contributed by atoms with Crippen LogP contribution >= 0.6 is 0 Å². The Morgan fingerprint density at radius 1 is 1.33 bits per heavy atom. The number of fused-ring (bicyclic) bond motifs is 1. The molecule has 24 heavy (non-hydrogen) atoms. The molecule has 0 aliphatic carbocycles. The first kappa shape index (κ1) is 16.6. The second kappa shape index (κ2) is 6.35. The van der Waals surface area contributed by atoms with E-state index in [1.165, 1.54) is 4.68 Å². The van der Waals surface area contributed by atoms with Crippen molar-refractivity contribution in [1.29, 1.82) is 0 Å². The summed E-state index contributed by atoms with van der Waals surface area (Å²) in [6.45, 7) is 0.349. The SMILES string of the molecule is Cn1nc(CC(=O)NCC2CCS(=O)(=O)C2)c2ccccc2c1=O. The Balaban J connectivity index is 1.72. The zero-order valence-electron chi connectivity index (χ0n) is 13.4. The van der Waals surface area contributed by atoms with Crippen molar-refractivity contribution in [2.45, 2.75) is 12.8 Å². The minimum absolute atomic E-state index is 0.0243. The summed E-state index contributed by atoms with van der Waals surface area (Å²) >= 11 is 0. The van der Waals surface area contributed by atoms with Gasteiger partial charge in [-0.1, -0.05) is 18.2 Å². The fourth-order valence-corrected chi connectivity index (χ4v) is 4.87. The molecule has 1 fully saturated rings. The molecule has 1 saturated heterocycles. The van der Waals surface area contributed by atoms with Crippen LogP contribution in [-0.2, 0) is 28.1 Å². The van der Waals surface area contributed by atoms with E-state index in [2.05, 4.69) is 10.4 Å². The minimum Gasteiger partial charge on any atom is -0.355 e. The Morgan fingerprint density at radius 2 is 2.04 bits per heavy atom. The molecule has 0 spiro atoms. The van der Waals surface area contributed by atoms with Gasteiger partial charge in [-0.2, -0.15) is 5.10 Å². The third-order valence-electron chi connectivity index (χ3n) is 4.28. The van der Waals surface area contributed by atoms with Crippen LogP contribution in [-0.4, -0.2) is 42.2 Å². The summed E-state index contributed by atoms with van der Waals surface area (Å²) in [6, 6.07) is 7.06. The number of carbonyl (C=O) groups excluding carboxylic acids is 1. The first-order valence-electron chi connectivity index (χ1n) is 7.78. The predicted octanol–water partition coefficient (Wildman–Crippen LogP) is 0.0269. The molecule has 7 nitrogen and oxygen atoms in total. The molecule has 1 aromatic heterocycles. The zero-order valence-corrected chi connectivity index (χ0v) is 14.2. The van der Waals surface area contributed by atoms with Gasteiger partial charge in [0.15, 0.2) is 9.84 Å². The Morgan fingerprint density at radius 3 is 2.71 bits per heavy atom. The van der Waals surface area contributed by atoms with Crippen molar-refractivity contribution < 1.29 is 13.2 Å². The van der Waals surface area contributed by atoms with E-state index in [1.807, 2.05) is 0 Å². The first-order chi connectivity index (χ1) is 11.4. The highest BCUT2D eigenvalue weighted by Gasteiger charge is 2.28. The molecule has 1 unspecified atom stereocenters. The van der Waals surface area contributed by atoms with E-state index >= 15 is 0 Å². The number of nitrogens with one attached hydrogen (secondary N) is 1. The summed E-state index contributed by atoms with van der Waals surface area (Å²) in [5.74, 6) is 0.0776. The average Bonchev–Trinajstić information content (AvgIpc) is 2.90. The first-order valence-corrected chi connectivity index (χ1v) is 9.60. The van der Waals surface area contributed by atoms with E-state index in [0.29, 0.717) is 29.4 Å². The molecule has 2 aromatic rings. The highest BCUT2D eigenvalue weighted by molar-refractivity contribution is 7.91. The number of amides is 1. The van der Waals surface area contributed by atoms with Crippen molar-refractivity contribution in [3.8, 4) is 0 Å². The monoisotopic (exact) mass is 349 g/mol. The molecule has 0 saturated carbocycles. The van der Waals surface area contributed by atoms with Gasteiger partial charge >= 0.3 is 0 Å². The molecule has 2 heterocycles. The molecular weight excluding hydrogens is 330 g/mol. The normalized spacial score (nSPS) is 19.5. The van der Waals surface area contributed by atoms with Crippen molar-refractivity contribution >= 4 is 26.5 Å². The maximum absolute atomic E-state index is 12.2. The van der Waals surface area contributed by atoms with Crippen LogP contribution in [0.15, 0.2) is 29.1 Å². The Labute approximate surface area is 139 Å². The van der Waals surface area contributed by atoms with Crippen molar-refractivity contribution in [3.05, 3.63) is 40.3 Å². The third kappa shape index (κ3) is 3.48. The quantitative estimate of drug-likeness (QED) is 0.839. The van der Waals surface area contributed by atoms with Crippen molar-refractivity contribution in [1.82, 2.24) is 15.1 Å². The fourth-order valence-electron chi connectivity index (χ4n) is 3.01. The van der Waals surface area contributed by atoms with Gasteiger partial charge in [-0.25, -0.2) is 13.1 Å². The summed E-state index contributed by atoms with van der Waals surface area (Å²) in [7, 11) is -1.39. The topological polar surface area (TPSA) is 98.1 Å². The molecule has 128 valence electrons. The van der Waals surface area contributed by atoms with Gasteiger partial charge in [0.1, 0.15) is 0 Å². The van der Waals surface area contributed by atoms with Crippen LogP contribution < -0.4 is 10.9 Å². The summed E-state index contributed by atoms with van der Waals surface area (Å²) in [6.07, 6.45) is 0.637. The van der Waals surface area contributed by atoms with Crippen LogP contribution in [0.25, 0.3) is 10.8 Å². The number of hydrogen-bond donors (Lipinski definition) is 1. The molecule has 1 N–H and O–H groups in total. The van der Waals surface area contributed by atoms with E-state index in [-0.39, 0.29) is 35.3 Å². The Hall–Kier alpha value is -2.22. The molecule has 8 heteroatoms. The molecule has 3 rings (SSSR count). The van der Waals surface area contributed by atoms with E-state index in [4.69, 9.17) is 0 Å². The van der Waals surface area contributed by atoms with E-state index in [9.17, 15) is 18.0 Å². The van der Waals surface area contributed by atoms with Gasteiger partial charge < -0.3 is 5.32 Å². The van der Waals surface area contributed by atoms with Crippen molar-refractivity contribution in [2.24, 2.45) is 13.0 Å². The van der Waals surface area contributed by atoms with Crippen LogP contribution in [0.4, 0.5) is 0 Å². The summed E-state index contributed by atoms with van der Waals surface area (Å²) < 4.78 is 24.1. The summed E-state index contributed by atoms with van der Waals surface area (Å²) in [4.78, 5) is 24.3. The lowest BCUT2D eigenvalue weighted by Gasteiger charge is -2.11. The van der Waals surface area contributed by atoms with Crippen molar-refractivity contribution in [2.75, 3.05) is 18.1 Å². The molecule has 0 radical (unpaired) electrons. The van der Waals surface area contributed by atoms with Crippen LogP contribution in [0.5, 0.6) is 0 Å². The largest absolute Gasteiger partial charge is 0.355 e. The standard InChI is InChI=1S/C16H19N3O4S/c1-19-16(21)13-5-3-2-4-12(13)14(18-19)8-15(20)17-9-11-6-7-24(22,23)10-11/h2-5,11H,6-10H2,1H3,(H,17,20). The highest BCUT2D eigenvalue weighted by atomic mass is 32.2. The number of sulfone groups is 1. The van der Waals surface area contributed by atoms with E-state index in [0.717, 1.165) is 0 Å². The molecule has 1 aromatic carbocycles. The summed E-state index contributed by atoms with van der Waals surface area (Å²) in [5, 5.41) is 8.16. The maximum Gasteiger partial charge on any atom is 0.274 e. The lowest BCUT2D eigenvalue weighted by Crippen LogP contribution is -2.32. The van der Waals surface area contributed by atoms with Gasteiger partial charge in [0.2, 0.25) is 5.91 Å². The highest BCUT2D eigenvalue weighted by Crippen LogP contribution is 2.17. The van der Waals surface area contributed by atoms with Gasteiger partial charge in [-0.3, -0.25) is 9.59 Å². The van der Waals surface area contributed by atoms with Crippen molar-refractivity contribution in [3.63, 3.8) is 0 Å². The van der Waals surface area contributed by atoms with Gasteiger partial charge in [0.05, 0.1) is 29.0 Å². The molecule has 1 amide bonds.